The molecule has 6 nitrogen and oxygen atoms in total. The van der Waals surface area contributed by atoms with Crippen LogP contribution in [-0.4, -0.2) is 19.3 Å². The number of nitrogens with zero attached hydrogens (tertiary/aromatic N) is 1. The number of nitrogens with one attached hydrogen (secondary N) is 1. The van der Waals surface area contributed by atoms with Crippen molar-refractivity contribution in [2.24, 2.45) is 5.14 Å². The molecule has 0 bridgehead atoms. The van der Waals surface area contributed by atoms with Gasteiger partial charge in [-0.2, -0.15) is 0 Å². The van der Waals surface area contributed by atoms with Crippen LogP contribution >= 0.6 is 22.7 Å². The molecule has 0 fully saturated rings. The highest BCUT2D eigenvalue weighted by Gasteiger charge is 2.19. The third-order valence-electron chi connectivity index (χ3n) is 3.87. The smallest absolute Gasteiger partial charge is 0.238 e. The summed E-state index contributed by atoms with van der Waals surface area (Å²) in [5.74, 6) is -0.146. The summed E-state index contributed by atoms with van der Waals surface area (Å²) >= 11 is 3.18. The third-order valence-corrected chi connectivity index (χ3v) is 6.78. The van der Waals surface area contributed by atoms with Gasteiger partial charge in [-0.15, -0.1) is 22.7 Å². The van der Waals surface area contributed by atoms with E-state index in [1.807, 2.05) is 29.8 Å². The number of carbonyl (C=O) groups is 1. The van der Waals surface area contributed by atoms with Crippen LogP contribution in [0, 0.1) is 6.92 Å². The SMILES string of the molecule is Cc1csc(C(Cc2cccs2)NC(=O)Cc2ccc(S(N)(=O)=O)cc2)n1. The Morgan fingerprint density at radius 1 is 1.22 bits per heavy atom. The number of carbonyl (C=O) groups excluding carboxylic acids is 1. The zero-order valence-electron chi connectivity index (χ0n) is 14.6. The van der Waals surface area contributed by atoms with Crippen molar-refractivity contribution in [3.63, 3.8) is 0 Å². The molecule has 1 amide bonds. The molecule has 142 valence electrons. The fraction of sp³-hybridized carbons (Fsp3) is 0.222. The van der Waals surface area contributed by atoms with Gasteiger partial charge in [-0.25, -0.2) is 18.5 Å². The number of hydrogen-bond acceptors (Lipinski definition) is 6. The van der Waals surface area contributed by atoms with Gasteiger partial charge in [0.25, 0.3) is 0 Å². The summed E-state index contributed by atoms with van der Waals surface area (Å²) in [5, 5.41) is 13.0. The lowest BCUT2D eigenvalue weighted by Crippen LogP contribution is -2.31. The van der Waals surface area contributed by atoms with Crippen molar-refractivity contribution in [1.82, 2.24) is 10.3 Å². The van der Waals surface area contributed by atoms with Crippen molar-refractivity contribution < 1.29 is 13.2 Å². The maximum atomic E-state index is 12.5. The average Bonchev–Trinajstić information content (AvgIpc) is 3.25. The van der Waals surface area contributed by atoms with Crippen molar-refractivity contribution >= 4 is 38.6 Å². The normalized spacial score (nSPS) is 12.7. The van der Waals surface area contributed by atoms with Crippen LogP contribution in [0.5, 0.6) is 0 Å². The first kappa shape index (κ1) is 19.7. The maximum Gasteiger partial charge on any atom is 0.238 e. The highest BCUT2D eigenvalue weighted by atomic mass is 32.2. The van der Waals surface area contributed by atoms with Gasteiger partial charge in [0.05, 0.1) is 17.4 Å². The van der Waals surface area contributed by atoms with Crippen LogP contribution < -0.4 is 10.5 Å². The second kappa shape index (κ2) is 8.30. The Bertz CT molecular complexity index is 1010. The van der Waals surface area contributed by atoms with E-state index in [0.29, 0.717) is 12.0 Å². The molecular formula is C18H19N3O3S3. The first-order valence-electron chi connectivity index (χ1n) is 8.17. The number of aryl methyl sites for hydroxylation is 1. The number of nitrogens with two attached hydrogens (primary N) is 1. The van der Waals surface area contributed by atoms with E-state index in [1.165, 1.54) is 28.3 Å². The first-order valence-corrected chi connectivity index (χ1v) is 11.5. The third kappa shape index (κ3) is 5.46. The predicted octanol–water partition coefficient (Wildman–Crippen LogP) is 2.80. The molecular weight excluding hydrogens is 402 g/mol. The summed E-state index contributed by atoms with van der Waals surface area (Å²) in [6.45, 7) is 1.93. The number of benzene rings is 1. The van der Waals surface area contributed by atoms with Gasteiger partial charge < -0.3 is 5.32 Å². The molecule has 3 rings (SSSR count). The molecule has 3 aromatic rings. The molecule has 2 aromatic heterocycles. The maximum absolute atomic E-state index is 12.5. The lowest BCUT2D eigenvalue weighted by Gasteiger charge is -2.16. The van der Waals surface area contributed by atoms with Gasteiger partial charge in [-0.3, -0.25) is 4.79 Å². The number of primary sulfonamides is 1. The molecule has 27 heavy (non-hydrogen) atoms. The second-order valence-electron chi connectivity index (χ2n) is 6.10. The minimum absolute atomic E-state index is 0.0282. The van der Waals surface area contributed by atoms with Gasteiger partial charge >= 0.3 is 0 Å². The van der Waals surface area contributed by atoms with Crippen molar-refractivity contribution in [2.75, 3.05) is 0 Å². The van der Waals surface area contributed by atoms with Crippen LogP contribution in [0.4, 0.5) is 0 Å². The van der Waals surface area contributed by atoms with Crippen LogP contribution in [0.2, 0.25) is 0 Å². The van der Waals surface area contributed by atoms with Gasteiger partial charge in [0.1, 0.15) is 5.01 Å². The van der Waals surface area contributed by atoms with Gasteiger partial charge in [-0.05, 0) is 36.1 Å². The van der Waals surface area contributed by atoms with E-state index in [1.54, 1.807) is 23.5 Å². The molecule has 0 saturated carbocycles. The minimum Gasteiger partial charge on any atom is -0.346 e. The van der Waals surface area contributed by atoms with E-state index < -0.39 is 10.0 Å². The highest BCUT2D eigenvalue weighted by Crippen LogP contribution is 2.24. The van der Waals surface area contributed by atoms with E-state index in [4.69, 9.17) is 5.14 Å². The summed E-state index contributed by atoms with van der Waals surface area (Å²) in [5.41, 5.74) is 1.64. The molecule has 1 aromatic carbocycles. The molecule has 1 unspecified atom stereocenters. The number of hydrogen-bond donors (Lipinski definition) is 2. The van der Waals surface area contributed by atoms with Crippen LogP contribution in [0.25, 0.3) is 0 Å². The molecule has 0 spiro atoms. The van der Waals surface area contributed by atoms with Crippen molar-refractivity contribution in [3.8, 4) is 0 Å². The molecule has 0 saturated heterocycles. The fourth-order valence-corrected chi connectivity index (χ4v) is 4.70. The second-order valence-corrected chi connectivity index (χ2v) is 9.58. The Morgan fingerprint density at radius 3 is 2.52 bits per heavy atom. The van der Waals surface area contributed by atoms with Crippen LogP contribution in [0.15, 0.2) is 52.1 Å². The Labute approximate surface area is 166 Å². The Morgan fingerprint density at radius 2 is 1.96 bits per heavy atom. The first-order chi connectivity index (χ1) is 12.8. The van der Waals surface area contributed by atoms with Crippen molar-refractivity contribution in [1.29, 1.82) is 0 Å². The zero-order chi connectivity index (χ0) is 19.4. The standard InChI is InChI=1S/C18H19N3O3S3/c1-12-11-26-18(20-12)16(10-14-3-2-8-25-14)21-17(22)9-13-4-6-15(7-5-13)27(19,23)24/h2-8,11,16H,9-10H2,1H3,(H,21,22)(H2,19,23,24). The molecule has 0 aliphatic heterocycles. The molecule has 1 atom stereocenters. The summed E-state index contributed by atoms with van der Waals surface area (Å²) in [6, 6.07) is 9.84. The summed E-state index contributed by atoms with van der Waals surface area (Å²) in [7, 11) is -3.74. The lowest BCUT2D eigenvalue weighted by atomic mass is 10.1. The van der Waals surface area contributed by atoms with Crippen LogP contribution in [0.1, 0.15) is 27.2 Å². The molecule has 9 heteroatoms. The number of thiophene rings is 1. The fourth-order valence-electron chi connectivity index (χ4n) is 2.59. The Hall–Kier alpha value is -2.07. The van der Waals surface area contributed by atoms with E-state index >= 15 is 0 Å². The van der Waals surface area contributed by atoms with Gasteiger partial charge in [0, 0.05) is 22.4 Å². The Kier molecular flexibility index (Phi) is 6.05. The Balaban J connectivity index is 1.70. The molecule has 0 aliphatic carbocycles. The average molecular weight is 422 g/mol. The highest BCUT2D eigenvalue weighted by molar-refractivity contribution is 7.89. The van der Waals surface area contributed by atoms with Gasteiger partial charge in [0.2, 0.25) is 15.9 Å². The number of aromatic nitrogens is 1. The molecule has 0 radical (unpaired) electrons. The number of rotatable bonds is 7. The monoisotopic (exact) mass is 421 g/mol. The number of thiazole rings is 1. The van der Waals surface area contributed by atoms with Crippen LogP contribution in [0.3, 0.4) is 0 Å². The van der Waals surface area contributed by atoms with E-state index in [0.717, 1.165) is 10.7 Å². The summed E-state index contributed by atoms with van der Waals surface area (Å²) in [4.78, 5) is 18.3. The van der Waals surface area contributed by atoms with E-state index in [2.05, 4.69) is 10.3 Å². The molecule has 0 aliphatic rings. The molecule has 3 N–H and O–H groups in total. The van der Waals surface area contributed by atoms with Gasteiger partial charge in [-0.1, -0.05) is 18.2 Å². The lowest BCUT2D eigenvalue weighted by molar-refractivity contribution is -0.121. The van der Waals surface area contributed by atoms with Crippen LogP contribution in [-0.2, 0) is 27.7 Å². The topological polar surface area (TPSA) is 102 Å². The largest absolute Gasteiger partial charge is 0.346 e. The van der Waals surface area contributed by atoms with E-state index in [-0.39, 0.29) is 23.3 Å². The summed E-state index contributed by atoms with van der Waals surface area (Å²) < 4.78 is 22.6. The van der Waals surface area contributed by atoms with Gasteiger partial charge in [0.15, 0.2) is 0 Å². The molecule has 2 heterocycles. The van der Waals surface area contributed by atoms with E-state index in [9.17, 15) is 13.2 Å². The summed E-state index contributed by atoms with van der Waals surface area (Å²) in [6.07, 6.45) is 0.830. The van der Waals surface area contributed by atoms with Crippen molar-refractivity contribution in [3.05, 3.63) is 68.3 Å². The predicted molar refractivity (Wildman–Crippen MR) is 107 cm³/mol. The number of sulfonamides is 1. The van der Waals surface area contributed by atoms with Crippen molar-refractivity contribution in [2.45, 2.75) is 30.7 Å². The minimum atomic E-state index is -3.74. The number of amides is 1. The zero-order valence-corrected chi connectivity index (χ0v) is 17.0. The quantitative estimate of drug-likeness (QED) is 0.612.